The fourth-order valence-corrected chi connectivity index (χ4v) is 3.39. The second-order valence-corrected chi connectivity index (χ2v) is 6.82. The van der Waals surface area contributed by atoms with E-state index in [0.717, 1.165) is 38.7 Å². The average Bonchev–Trinajstić information content (AvgIpc) is 3.22. The second-order valence-electron chi connectivity index (χ2n) is 6.82. The molecule has 156 valence electrons. The molecule has 0 aliphatic carbocycles. The number of nitrogens with zero attached hydrogens (tertiary/aromatic N) is 4. The molecule has 4 aromatic rings. The van der Waals surface area contributed by atoms with Gasteiger partial charge >= 0.3 is 0 Å². The Hall–Kier alpha value is -4.11. The van der Waals surface area contributed by atoms with Crippen molar-refractivity contribution in [2.45, 2.75) is 7.43 Å². The zero-order valence-electron chi connectivity index (χ0n) is 17.0. The Morgan fingerprint density at radius 2 is 1.71 bits per heavy atom. The maximum atomic E-state index is 9.41. The summed E-state index contributed by atoms with van der Waals surface area (Å²) in [5.41, 5.74) is 5.39. The van der Waals surface area contributed by atoms with Crippen LogP contribution in [-0.4, -0.2) is 29.0 Å². The number of methoxy groups -OCH3 is 2. The van der Waals surface area contributed by atoms with Crippen LogP contribution >= 0.6 is 0 Å². The predicted octanol–water partition coefficient (Wildman–Crippen LogP) is 5.24. The van der Waals surface area contributed by atoms with E-state index in [1.807, 2.05) is 56.0 Å². The second kappa shape index (κ2) is 9.14. The van der Waals surface area contributed by atoms with Crippen LogP contribution in [0.5, 0.6) is 11.5 Å². The smallest absolute Gasteiger partial charge is 0.123 e. The first-order valence-electron chi connectivity index (χ1n) is 9.33. The molecule has 31 heavy (non-hydrogen) atoms. The number of hydrogen-bond donors (Lipinski definition) is 0. The molecular weight excluding hydrogens is 388 g/mol. The molecule has 0 radical (unpaired) electrons. The molecule has 0 saturated carbocycles. The van der Waals surface area contributed by atoms with E-state index >= 15 is 0 Å². The molecule has 2 aromatic heterocycles. The molecule has 0 saturated heterocycles. The summed E-state index contributed by atoms with van der Waals surface area (Å²) in [7, 11) is 5.10. The Balaban J connectivity index is 0.00000272. The van der Waals surface area contributed by atoms with Crippen molar-refractivity contribution < 1.29 is 9.47 Å². The summed E-state index contributed by atoms with van der Waals surface area (Å²) in [6, 6.07) is 15.8. The summed E-state index contributed by atoms with van der Waals surface area (Å²) >= 11 is 0. The van der Waals surface area contributed by atoms with Crippen molar-refractivity contribution in [2.75, 3.05) is 14.2 Å². The molecule has 0 aliphatic rings. The van der Waals surface area contributed by atoms with Crippen molar-refractivity contribution >= 4 is 16.5 Å². The molecular formula is C25H24N4O2. The van der Waals surface area contributed by atoms with Gasteiger partial charge in [-0.2, -0.15) is 10.4 Å². The number of benzene rings is 2. The Kier molecular flexibility index (Phi) is 6.37. The number of fused-ring (bicyclic) bond motifs is 1. The number of aromatic nitrogens is 3. The molecule has 0 spiro atoms. The van der Waals surface area contributed by atoms with E-state index in [4.69, 9.17) is 9.47 Å². The van der Waals surface area contributed by atoms with Crippen molar-refractivity contribution in [2.24, 2.45) is 7.05 Å². The molecule has 6 nitrogen and oxygen atoms in total. The van der Waals surface area contributed by atoms with Gasteiger partial charge in [0, 0.05) is 48.1 Å². The van der Waals surface area contributed by atoms with Crippen molar-refractivity contribution in [1.29, 1.82) is 5.26 Å². The van der Waals surface area contributed by atoms with Crippen molar-refractivity contribution in [3.63, 3.8) is 0 Å². The zero-order valence-corrected chi connectivity index (χ0v) is 17.0. The van der Waals surface area contributed by atoms with Gasteiger partial charge in [0.05, 0.1) is 32.0 Å². The fraction of sp³-hybridized carbons (Fsp3) is 0.160. The number of aryl methyl sites for hydroxylation is 1. The first-order valence-corrected chi connectivity index (χ1v) is 9.33. The summed E-state index contributed by atoms with van der Waals surface area (Å²) in [6.07, 6.45) is 7.15. The van der Waals surface area contributed by atoms with Gasteiger partial charge in [-0.25, -0.2) is 0 Å². The summed E-state index contributed by atoms with van der Waals surface area (Å²) in [5.74, 6) is 1.32. The zero-order chi connectivity index (χ0) is 21.1. The normalized spacial score (nSPS) is 11.0. The van der Waals surface area contributed by atoms with E-state index < -0.39 is 0 Å². The van der Waals surface area contributed by atoms with E-state index in [0.29, 0.717) is 11.5 Å². The minimum Gasteiger partial charge on any atom is -0.497 e. The lowest BCUT2D eigenvalue weighted by Gasteiger charge is -2.12. The van der Waals surface area contributed by atoms with Crippen molar-refractivity contribution in [1.82, 2.24) is 14.8 Å². The summed E-state index contributed by atoms with van der Waals surface area (Å²) < 4.78 is 12.5. The van der Waals surface area contributed by atoms with Gasteiger partial charge in [-0.1, -0.05) is 13.5 Å². The van der Waals surface area contributed by atoms with E-state index in [-0.39, 0.29) is 7.43 Å². The molecule has 0 N–H and O–H groups in total. The van der Waals surface area contributed by atoms with Crippen LogP contribution in [0.1, 0.15) is 18.6 Å². The highest BCUT2D eigenvalue weighted by atomic mass is 16.5. The maximum absolute atomic E-state index is 9.41. The first-order chi connectivity index (χ1) is 14.6. The average molecular weight is 412 g/mol. The lowest BCUT2D eigenvalue weighted by Crippen LogP contribution is -1.93. The van der Waals surface area contributed by atoms with E-state index in [1.165, 1.54) is 6.08 Å². The molecule has 2 heterocycles. The molecule has 2 aromatic carbocycles. The van der Waals surface area contributed by atoms with Gasteiger partial charge in [-0.15, -0.1) is 0 Å². The van der Waals surface area contributed by atoms with Crippen molar-refractivity contribution in [3.05, 3.63) is 78.3 Å². The molecule has 0 aliphatic heterocycles. The fourth-order valence-electron chi connectivity index (χ4n) is 3.39. The van der Waals surface area contributed by atoms with Crippen LogP contribution in [0.25, 0.3) is 27.6 Å². The van der Waals surface area contributed by atoms with E-state index in [2.05, 4.69) is 22.2 Å². The molecule has 0 fully saturated rings. The van der Waals surface area contributed by atoms with Gasteiger partial charge in [0.2, 0.25) is 0 Å². The monoisotopic (exact) mass is 412 g/mol. The van der Waals surface area contributed by atoms with Crippen LogP contribution in [0.4, 0.5) is 0 Å². The SMILES string of the molecule is C.COc1cc(OC)cc(/C(=C/C#N)c2ccc3ncc(-c4cnn(C)c4)cc3c2)c1. The number of ether oxygens (including phenoxy) is 2. The van der Waals surface area contributed by atoms with E-state index in [9.17, 15) is 5.26 Å². The topological polar surface area (TPSA) is 73.0 Å². The van der Waals surface area contributed by atoms with Gasteiger partial charge in [-0.3, -0.25) is 9.67 Å². The third-order valence-electron chi connectivity index (χ3n) is 4.90. The van der Waals surface area contributed by atoms with Crippen LogP contribution in [0, 0.1) is 11.3 Å². The van der Waals surface area contributed by atoms with Gasteiger partial charge in [0.15, 0.2) is 0 Å². The minimum atomic E-state index is 0. The Bertz CT molecular complexity index is 1280. The lowest BCUT2D eigenvalue weighted by atomic mass is 9.95. The highest BCUT2D eigenvalue weighted by Crippen LogP contribution is 2.32. The minimum absolute atomic E-state index is 0. The molecule has 6 heteroatoms. The standard InChI is InChI=1S/C24H20N4O2.CH4/c1-28-15-20(14-27-28)19-9-18-8-16(4-5-24(18)26-13-19)23(6-7-25)17-10-21(29-2)12-22(11-17)30-3;/h4-6,8-15H,1-3H3;1H4/b23-6+;. The highest BCUT2D eigenvalue weighted by Gasteiger charge is 2.11. The van der Waals surface area contributed by atoms with Crippen LogP contribution in [0.2, 0.25) is 0 Å². The van der Waals surface area contributed by atoms with Crippen molar-refractivity contribution in [3.8, 4) is 28.7 Å². The molecule has 0 unspecified atom stereocenters. The molecule has 0 bridgehead atoms. The highest BCUT2D eigenvalue weighted by molar-refractivity contribution is 5.90. The molecule has 0 atom stereocenters. The van der Waals surface area contributed by atoms with Gasteiger partial charge in [0.25, 0.3) is 0 Å². The van der Waals surface area contributed by atoms with Crippen LogP contribution < -0.4 is 9.47 Å². The predicted molar refractivity (Wildman–Crippen MR) is 123 cm³/mol. The summed E-state index contributed by atoms with van der Waals surface area (Å²) in [5, 5.41) is 14.6. The molecule has 0 amide bonds. The third kappa shape index (κ3) is 4.41. The van der Waals surface area contributed by atoms with Crippen LogP contribution in [-0.2, 0) is 7.05 Å². The largest absolute Gasteiger partial charge is 0.497 e. The first kappa shape index (κ1) is 21.6. The Morgan fingerprint density at radius 1 is 0.968 bits per heavy atom. The Morgan fingerprint density at radius 3 is 2.32 bits per heavy atom. The maximum Gasteiger partial charge on any atom is 0.123 e. The summed E-state index contributed by atoms with van der Waals surface area (Å²) in [6.45, 7) is 0. The van der Waals surface area contributed by atoms with Gasteiger partial charge in [-0.05, 0) is 47.0 Å². The Labute approximate surface area is 182 Å². The quantitative estimate of drug-likeness (QED) is 0.419. The van der Waals surface area contributed by atoms with Gasteiger partial charge < -0.3 is 9.47 Å². The third-order valence-corrected chi connectivity index (χ3v) is 4.90. The summed E-state index contributed by atoms with van der Waals surface area (Å²) in [4.78, 5) is 4.58. The lowest BCUT2D eigenvalue weighted by molar-refractivity contribution is 0.394. The van der Waals surface area contributed by atoms with Crippen LogP contribution in [0.3, 0.4) is 0 Å². The molecule has 4 rings (SSSR count). The number of pyridine rings is 1. The number of allylic oxidation sites excluding steroid dienone is 1. The van der Waals surface area contributed by atoms with E-state index in [1.54, 1.807) is 25.0 Å². The van der Waals surface area contributed by atoms with Crippen LogP contribution in [0.15, 0.2) is 67.1 Å². The number of nitriles is 1. The number of hydrogen-bond acceptors (Lipinski definition) is 5. The number of rotatable bonds is 5. The van der Waals surface area contributed by atoms with Gasteiger partial charge in [0.1, 0.15) is 11.5 Å².